The van der Waals surface area contributed by atoms with Crippen LogP contribution in [0, 0.1) is 0 Å². The molecule has 4 nitrogen and oxygen atoms in total. The van der Waals surface area contributed by atoms with Gasteiger partial charge in [-0.15, -0.1) is 11.3 Å². The maximum absolute atomic E-state index is 12.0. The van der Waals surface area contributed by atoms with Crippen molar-refractivity contribution in [1.29, 1.82) is 0 Å². The molecule has 1 amide bonds. The van der Waals surface area contributed by atoms with E-state index in [9.17, 15) is 4.79 Å². The second-order valence-electron chi connectivity index (χ2n) is 3.99. The van der Waals surface area contributed by atoms with Crippen LogP contribution in [0.3, 0.4) is 0 Å². The van der Waals surface area contributed by atoms with Crippen LogP contribution < -0.4 is 10.6 Å². The van der Waals surface area contributed by atoms with Crippen molar-refractivity contribution in [3.63, 3.8) is 0 Å². The number of hydrogen-bond acceptors (Lipinski definition) is 3. The van der Waals surface area contributed by atoms with Crippen molar-refractivity contribution in [3.05, 3.63) is 46.5 Å². The van der Waals surface area contributed by atoms with E-state index in [1.54, 1.807) is 29.8 Å². The minimum atomic E-state index is -1.63. The molecule has 2 aromatic heterocycles. The Balaban J connectivity index is 1.99. The van der Waals surface area contributed by atoms with E-state index >= 15 is 0 Å². The number of amides is 1. The lowest BCUT2D eigenvalue weighted by Crippen LogP contribution is -2.95. The third-order valence-electron chi connectivity index (χ3n) is 2.52. The zero-order valence-corrected chi connectivity index (χ0v) is 13.3. The predicted molar refractivity (Wildman–Crippen MR) is 80.2 cm³/mol. The van der Waals surface area contributed by atoms with Crippen LogP contribution in [-0.2, 0) is 6.54 Å². The summed E-state index contributed by atoms with van der Waals surface area (Å²) >= 11 is 19.0. The van der Waals surface area contributed by atoms with Crippen LogP contribution in [0.2, 0.25) is 0 Å². The smallest absolute Gasteiger partial charge is 0.265 e. The van der Waals surface area contributed by atoms with Gasteiger partial charge in [-0.05, 0) is 23.6 Å². The first-order valence-corrected chi connectivity index (χ1v) is 7.75. The van der Waals surface area contributed by atoms with Gasteiger partial charge in [-0.2, -0.15) is 0 Å². The fourth-order valence-corrected chi connectivity index (χ4v) is 2.62. The third-order valence-corrected chi connectivity index (χ3v) is 4.09. The van der Waals surface area contributed by atoms with Gasteiger partial charge in [0.25, 0.3) is 9.70 Å². The van der Waals surface area contributed by atoms with E-state index in [0.717, 1.165) is 5.76 Å². The largest absolute Gasteiger partial charge is 0.463 e. The summed E-state index contributed by atoms with van der Waals surface area (Å²) in [4.78, 5) is 12.6. The van der Waals surface area contributed by atoms with Crippen LogP contribution in [0.4, 0.5) is 0 Å². The second kappa shape index (κ2) is 6.83. The molecule has 0 saturated carbocycles. The van der Waals surface area contributed by atoms with Gasteiger partial charge in [0.1, 0.15) is 6.54 Å². The average molecular weight is 355 g/mol. The van der Waals surface area contributed by atoms with E-state index in [4.69, 9.17) is 39.2 Å². The number of nitrogens with one attached hydrogen (secondary N) is 1. The summed E-state index contributed by atoms with van der Waals surface area (Å²) in [7, 11) is 0. The molecule has 0 saturated heterocycles. The number of thiophene rings is 1. The van der Waals surface area contributed by atoms with Crippen LogP contribution >= 0.6 is 46.1 Å². The first-order chi connectivity index (χ1) is 9.47. The lowest BCUT2D eigenvalue weighted by atomic mass is 10.4. The molecule has 3 N–H and O–H groups in total. The number of hydrogen-bond donors (Lipinski definition) is 2. The van der Waals surface area contributed by atoms with E-state index in [1.807, 2.05) is 11.4 Å². The molecular formula is C12H12Cl3N2O2S+. The molecule has 2 rings (SSSR count). The zero-order chi connectivity index (χ0) is 14.6. The van der Waals surface area contributed by atoms with Gasteiger partial charge in [0.05, 0.1) is 11.1 Å². The van der Waals surface area contributed by atoms with Gasteiger partial charge in [0.2, 0.25) is 6.17 Å². The van der Waals surface area contributed by atoms with Crippen molar-refractivity contribution in [2.75, 3.05) is 0 Å². The molecule has 0 aliphatic heterocycles. The topological polar surface area (TPSA) is 58.9 Å². The maximum Gasteiger partial charge on any atom is 0.265 e. The van der Waals surface area contributed by atoms with Gasteiger partial charge in [-0.1, -0.05) is 40.9 Å². The van der Waals surface area contributed by atoms with Gasteiger partial charge >= 0.3 is 0 Å². The van der Waals surface area contributed by atoms with Crippen LogP contribution in [-0.4, -0.2) is 15.9 Å². The normalized spacial score (nSPS) is 13.2. The summed E-state index contributed by atoms with van der Waals surface area (Å²) in [6, 6.07) is 7.09. The summed E-state index contributed by atoms with van der Waals surface area (Å²) in [5.41, 5.74) is 0. The van der Waals surface area contributed by atoms with E-state index in [-0.39, 0.29) is 5.91 Å². The van der Waals surface area contributed by atoms with Gasteiger partial charge < -0.3 is 9.73 Å². The van der Waals surface area contributed by atoms with E-state index in [0.29, 0.717) is 11.4 Å². The Morgan fingerprint density at radius 1 is 1.40 bits per heavy atom. The Hall–Kier alpha value is -0.720. The highest BCUT2D eigenvalue weighted by Crippen LogP contribution is 2.27. The van der Waals surface area contributed by atoms with Gasteiger partial charge in [-0.3, -0.25) is 10.1 Å². The van der Waals surface area contributed by atoms with Crippen LogP contribution in [0.1, 0.15) is 15.4 Å². The molecule has 0 aromatic carbocycles. The first-order valence-electron chi connectivity index (χ1n) is 5.73. The monoisotopic (exact) mass is 353 g/mol. The Labute approximate surface area is 135 Å². The highest BCUT2D eigenvalue weighted by Gasteiger charge is 2.37. The number of rotatable bonds is 5. The number of furan rings is 1. The number of quaternary nitrogens is 1. The molecule has 0 spiro atoms. The second-order valence-corrected chi connectivity index (χ2v) is 7.31. The molecule has 20 heavy (non-hydrogen) atoms. The van der Waals surface area contributed by atoms with Crippen LogP contribution in [0.25, 0.3) is 0 Å². The number of carbonyl (C=O) groups excluding carboxylic acids is 1. The Bertz CT molecular complexity index is 538. The van der Waals surface area contributed by atoms with Crippen LogP contribution in [0.15, 0.2) is 40.3 Å². The molecular weight excluding hydrogens is 343 g/mol. The van der Waals surface area contributed by atoms with Crippen molar-refractivity contribution in [3.8, 4) is 0 Å². The van der Waals surface area contributed by atoms with Gasteiger partial charge in [0.15, 0.2) is 5.76 Å². The summed E-state index contributed by atoms with van der Waals surface area (Å²) < 4.78 is 3.58. The zero-order valence-electron chi connectivity index (χ0n) is 10.2. The minimum absolute atomic E-state index is 0.271. The van der Waals surface area contributed by atoms with E-state index in [1.165, 1.54) is 11.3 Å². The average Bonchev–Trinajstić information content (AvgIpc) is 3.04. The molecule has 0 aliphatic rings. The fourth-order valence-electron chi connectivity index (χ4n) is 1.56. The third kappa shape index (κ3) is 4.40. The molecule has 2 aromatic rings. The van der Waals surface area contributed by atoms with Crippen molar-refractivity contribution in [2.24, 2.45) is 0 Å². The summed E-state index contributed by atoms with van der Waals surface area (Å²) in [6.45, 7) is 0.455. The molecule has 0 radical (unpaired) electrons. The van der Waals surface area contributed by atoms with Gasteiger partial charge in [-0.25, -0.2) is 0 Å². The van der Waals surface area contributed by atoms with Crippen LogP contribution in [0.5, 0.6) is 0 Å². The summed E-state index contributed by atoms with van der Waals surface area (Å²) in [6.07, 6.45) is 0.852. The molecule has 0 aliphatic carbocycles. The highest BCUT2D eigenvalue weighted by atomic mass is 35.6. The molecule has 0 bridgehead atoms. The van der Waals surface area contributed by atoms with E-state index < -0.39 is 9.96 Å². The number of nitrogens with two attached hydrogens (primary N) is 1. The van der Waals surface area contributed by atoms with Crippen molar-refractivity contribution in [2.45, 2.75) is 16.5 Å². The first kappa shape index (κ1) is 15.7. The summed E-state index contributed by atoms with van der Waals surface area (Å²) in [5, 5.41) is 6.22. The standard InChI is InChI=1S/C12H11Cl3N2O2S/c13-12(14,15)11(16-7-8-3-1-5-19-8)17-10(18)9-4-2-6-20-9/h1-6,11,16H,7H2,(H,17,18)/p+1. The van der Waals surface area contributed by atoms with Gasteiger partial charge in [0, 0.05) is 0 Å². The Morgan fingerprint density at radius 2 is 2.20 bits per heavy atom. The Kier molecular flexibility index (Phi) is 5.35. The fraction of sp³-hybridized carbons (Fsp3) is 0.250. The maximum atomic E-state index is 12.0. The number of halogens is 3. The molecule has 2 heterocycles. The lowest BCUT2D eigenvalue weighted by molar-refractivity contribution is -0.708. The molecule has 0 fully saturated rings. The summed E-state index contributed by atoms with van der Waals surface area (Å²) in [5.74, 6) is 0.460. The molecule has 108 valence electrons. The van der Waals surface area contributed by atoms with Crippen molar-refractivity contribution in [1.82, 2.24) is 5.32 Å². The highest BCUT2D eigenvalue weighted by molar-refractivity contribution is 7.12. The van der Waals surface area contributed by atoms with Crippen molar-refractivity contribution < 1.29 is 14.5 Å². The molecule has 1 unspecified atom stereocenters. The minimum Gasteiger partial charge on any atom is -0.463 e. The number of carbonyl (C=O) groups is 1. The quantitative estimate of drug-likeness (QED) is 0.640. The predicted octanol–water partition coefficient (Wildman–Crippen LogP) is 2.53. The number of alkyl halides is 3. The van der Waals surface area contributed by atoms with Crippen molar-refractivity contribution >= 4 is 52.0 Å². The SMILES string of the molecule is O=C(NC([NH2+]Cc1ccco1)C(Cl)(Cl)Cl)c1cccs1. The molecule has 1 atom stereocenters. The molecule has 8 heteroatoms. The van der Waals surface area contributed by atoms with E-state index in [2.05, 4.69) is 5.32 Å². The Morgan fingerprint density at radius 3 is 2.75 bits per heavy atom. The lowest BCUT2D eigenvalue weighted by Gasteiger charge is -2.22.